The summed E-state index contributed by atoms with van der Waals surface area (Å²) < 4.78 is 5.85. The maximum Gasteiger partial charge on any atom is 0.107 e. The van der Waals surface area contributed by atoms with Crippen molar-refractivity contribution in [2.24, 2.45) is 28.6 Å². The molecule has 2 fully saturated rings. The molecule has 21 heavy (non-hydrogen) atoms. The van der Waals surface area contributed by atoms with Crippen LogP contribution in [0.2, 0.25) is 0 Å². The lowest BCUT2D eigenvalue weighted by atomic mass is 9.44. The van der Waals surface area contributed by atoms with Crippen molar-refractivity contribution in [1.82, 2.24) is 0 Å². The van der Waals surface area contributed by atoms with Crippen LogP contribution in [-0.4, -0.2) is 0 Å². The standard InChI is InChI=1S/C20H30O/c1-13-14-6-7-18-19(2,3)9-5-10-20(18,4)16(14)12-17-15(13)8-11-21-17/h8,11,13-14,16,18H,5-7,9-10,12H2,1-4H3/t13-,14?,16?,18+,20-/m1/s1. The first-order valence-electron chi connectivity index (χ1n) is 9.00. The van der Waals surface area contributed by atoms with Gasteiger partial charge in [0.25, 0.3) is 0 Å². The molecule has 3 aliphatic carbocycles. The number of rotatable bonds is 0. The highest BCUT2D eigenvalue weighted by Crippen LogP contribution is 2.64. The van der Waals surface area contributed by atoms with Crippen LogP contribution in [0.25, 0.3) is 0 Å². The Hall–Kier alpha value is -0.720. The molecule has 0 aromatic carbocycles. The van der Waals surface area contributed by atoms with Crippen molar-refractivity contribution in [2.75, 3.05) is 0 Å². The van der Waals surface area contributed by atoms with E-state index in [4.69, 9.17) is 4.42 Å². The number of hydrogen-bond donors (Lipinski definition) is 0. The summed E-state index contributed by atoms with van der Waals surface area (Å²) in [6.07, 6.45) is 10.3. The van der Waals surface area contributed by atoms with Gasteiger partial charge in [0.2, 0.25) is 0 Å². The minimum Gasteiger partial charge on any atom is -0.469 e. The molecule has 116 valence electrons. The van der Waals surface area contributed by atoms with Gasteiger partial charge in [0.15, 0.2) is 0 Å². The van der Waals surface area contributed by atoms with Gasteiger partial charge in [-0.3, -0.25) is 0 Å². The van der Waals surface area contributed by atoms with Crippen molar-refractivity contribution in [2.45, 2.75) is 72.1 Å². The Bertz CT molecular complexity index is 540. The van der Waals surface area contributed by atoms with E-state index in [2.05, 4.69) is 33.8 Å². The van der Waals surface area contributed by atoms with Gasteiger partial charge in [-0.25, -0.2) is 0 Å². The minimum atomic E-state index is 0.531. The number of furan rings is 1. The average Bonchev–Trinajstić information content (AvgIpc) is 2.87. The maximum atomic E-state index is 5.85. The molecule has 5 atom stereocenters. The lowest BCUT2D eigenvalue weighted by molar-refractivity contribution is -0.105. The van der Waals surface area contributed by atoms with Gasteiger partial charge in [-0.05, 0) is 71.8 Å². The van der Waals surface area contributed by atoms with Crippen molar-refractivity contribution < 1.29 is 4.42 Å². The quantitative estimate of drug-likeness (QED) is 0.587. The molecule has 2 unspecified atom stereocenters. The highest BCUT2D eigenvalue weighted by molar-refractivity contribution is 5.28. The maximum absolute atomic E-state index is 5.85. The fraction of sp³-hybridized carbons (Fsp3) is 0.800. The molecule has 0 aliphatic heterocycles. The number of fused-ring (bicyclic) bond motifs is 4. The van der Waals surface area contributed by atoms with Gasteiger partial charge in [-0.15, -0.1) is 0 Å². The molecule has 4 rings (SSSR count). The van der Waals surface area contributed by atoms with E-state index in [1.54, 1.807) is 0 Å². The van der Waals surface area contributed by atoms with E-state index >= 15 is 0 Å². The molecule has 0 saturated heterocycles. The van der Waals surface area contributed by atoms with E-state index in [0.29, 0.717) is 16.7 Å². The predicted octanol–water partition coefficient (Wildman–Crippen LogP) is 5.80. The summed E-state index contributed by atoms with van der Waals surface area (Å²) in [5, 5.41) is 0. The van der Waals surface area contributed by atoms with Gasteiger partial charge in [0.05, 0.1) is 6.26 Å². The zero-order chi connectivity index (χ0) is 14.8. The first-order chi connectivity index (χ1) is 9.93. The molecular formula is C20H30O. The Balaban J connectivity index is 1.75. The highest BCUT2D eigenvalue weighted by Gasteiger charge is 2.56. The Morgan fingerprint density at radius 2 is 1.95 bits per heavy atom. The molecule has 2 saturated carbocycles. The SMILES string of the molecule is C[C@H]1c2ccoc2CC2C1CC[C@H]1C(C)(C)CCC[C@]21C. The topological polar surface area (TPSA) is 13.1 Å². The smallest absolute Gasteiger partial charge is 0.107 e. The van der Waals surface area contributed by atoms with Crippen LogP contribution in [0.3, 0.4) is 0 Å². The summed E-state index contributed by atoms with van der Waals surface area (Å²) >= 11 is 0. The van der Waals surface area contributed by atoms with E-state index in [1.165, 1.54) is 49.8 Å². The zero-order valence-electron chi connectivity index (χ0n) is 14.1. The molecule has 1 heteroatoms. The van der Waals surface area contributed by atoms with Crippen molar-refractivity contribution >= 4 is 0 Å². The molecule has 1 aromatic rings. The third-order valence-electron chi connectivity index (χ3n) is 7.75. The molecule has 0 N–H and O–H groups in total. The Morgan fingerprint density at radius 1 is 1.14 bits per heavy atom. The second-order valence-electron chi connectivity index (χ2n) is 9.04. The Kier molecular flexibility index (Phi) is 2.91. The zero-order valence-corrected chi connectivity index (χ0v) is 14.1. The molecule has 0 amide bonds. The van der Waals surface area contributed by atoms with Crippen LogP contribution in [-0.2, 0) is 6.42 Å². The van der Waals surface area contributed by atoms with E-state index in [1.807, 2.05) is 6.26 Å². The van der Waals surface area contributed by atoms with E-state index in [0.717, 1.165) is 17.8 Å². The Morgan fingerprint density at radius 3 is 2.76 bits per heavy atom. The van der Waals surface area contributed by atoms with E-state index in [-0.39, 0.29) is 0 Å². The molecular weight excluding hydrogens is 256 g/mol. The Labute approximate surface area is 129 Å². The van der Waals surface area contributed by atoms with E-state index < -0.39 is 0 Å². The summed E-state index contributed by atoms with van der Waals surface area (Å²) in [7, 11) is 0. The summed E-state index contributed by atoms with van der Waals surface area (Å²) in [4.78, 5) is 0. The van der Waals surface area contributed by atoms with Crippen molar-refractivity contribution in [3.8, 4) is 0 Å². The first-order valence-corrected chi connectivity index (χ1v) is 9.00. The largest absolute Gasteiger partial charge is 0.469 e. The summed E-state index contributed by atoms with van der Waals surface area (Å²) in [6, 6.07) is 2.23. The van der Waals surface area contributed by atoms with Crippen LogP contribution >= 0.6 is 0 Å². The molecule has 3 aliphatic rings. The monoisotopic (exact) mass is 286 g/mol. The van der Waals surface area contributed by atoms with Gasteiger partial charge in [0, 0.05) is 6.42 Å². The minimum absolute atomic E-state index is 0.531. The normalized spacial score (nSPS) is 44.6. The lowest BCUT2D eigenvalue weighted by Gasteiger charge is -2.61. The molecule has 0 radical (unpaired) electrons. The van der Waals surface area contributed by atoms with Gasteiger partial charge >= 0.3 is 0 Å². The van der Waals surface area contributed by atoms with Gasteiger partial charge in [-0.2, -0.15) is 0 Å². The van der Waals surface area contributed by atoms with Gasteiger partial charge < -0.3 is 4.42 Å². The van der Waals surface area contributed by atoms with Crippen LogP contribution in [0.4, 0.5) is 0 Å². The second-order valence-corrected chi connectivity index (χ2v) is 9.04. The summed E-state index contributed by atoms with van der Waals surface area (Å²) in [6.45, 7) is 10.1. The van der Waals surface area contributed by atoms with Crippen LogP contribution < -0.4 is 0 Å². The third-order valence-corrected chi connectivity index (χ3v) is 7.75. The predicted molar refractivity (Wildman–Crippen MR) is 86.3 cm³/mol. The van der Waals surface area contributed by atoms with Crippen molar-refractivity contribution in [1.29, 1.82) is 0 Å². The first kappa shape index (κ1) is 13.9. The van der Waals surface area contributed by atoms with Crippen LogP contribution in [0, 0.1) is 28.6 Å². The fourth-order valence-corrected chi connectivity index (χ4v) is 6.72. The van der Waals surface area contributed by atoms with Crippen LogP contribution in [0.15, 0.2) is 16.7 Å². The number of hydrogen-bond acceptors (Lipinski definition) is 1. The third kappa shape index (κ3) is 1.82. The summed E-state index contributed by atoms with van der Waals surface area (Å²) in [5.74, 6) is 4.62. The summed E-state index contributed by atoms with van der Waals surface area (Å²) in [5.41, 5.74) is 2.57. The lowest BCUT2D eigenvalue weighted by Crippen LogP contribution is -2.53. The second kappa shape index (κ2) is 4.40. The molecule has 0 spiro atoms. The van der Waals surface area contributed by atoms with Gasteiger partial charge in [-0.1, -0.05) is 34.1 Å². The average molecular weight is 286 g/mol. The van der Waals surface area contributed by atoms with Crippen molar-refractivity contribution in [3.05, 3.63) is 23.7 Å². The molecule has 1 nitrogen and oxygen atoms in total. The highest BCUT2D eigenvalue weighted by atomic mass is 16.3. The van der Waals surface area contributed by atoms with Gasteiger partial charge in [0.1, 0.15) is 5.76 Å². The molecule has 0 bridgehead atoms. The van der Waals surface area contributed by atoms with Crippen molar-refractivity contribution in [3.63, 3.8) is 0 Å². The fourth-order valence-electron chi connectivity index (χ4n) is 6.72. The molecule has 1 heterocycles. The van der Waals surface area contributed by atoms with Crippen LogP contribution in [0.1, 0.15) is 77.0 Å². The molecule has 1 aromatic heterocycles. The van der Waals surface area contributed by atoms with Crippen LogP contribution in [0.5, 0.6) is 0 Å². The van der Waals surface area contributed by atoms with E-state index in [9.17, 15) is 0 Å².